The van der Waals surface area contributed by atoms with E-state index >= 15 is 0 Å². The van der Waals surface area contributed by atoms with E-state index in [1.165, 1.54) is 16.9 Å². The predicted octanol–water partition coefficient (Wildman–Crippen LogP) is 5.13. The van der Waals surface area contributed by atoms with Gasteiger partial charge in [0, 0.05) is 22.4 Å². The molecule has 3 N–H and O–H groups in total. The number of amides is 2. The number of rotatable bonds is 7. The van der Waals surface area contributed by atoms with E-state index in [0.717, 1.165) is 18.4 Å². The summed E-state index contributed by atoms with van der Waals surface area (Å²) >= 11 is 7.22. The third-order valence-corrected chi connectivity index (χ3v) is 5.31. The first-order valence-corrected chi connectivity index (χ1v) is 9.81. The van der Waals surface area contributed by atoms with Crippen LogP contribution in [0.25, 0.3) is 11.1 Å². The second kappa shape index (κ2) is 8.84. The number of carbonyl (C=O) groups excluding carboxylic acids is 2. The maximum absolute atomic E-state index is 12.3. The van der Waals surface area contributed by atoms with Crippen LogP contribution in [-0.2, 0) is 11.2 Å². The van der Waals surface area contributed by atoms with Crippen molar-refractivity contribution in [2.45, 2.75) is 19.3 Å². The summed E-state index contributed by atoms with van der Waals surface area (Å²) < 4.78 is 0. The van der Waals surface area contributed by atoms with Gasteiger partial charge in [-0.05, 0) is 36.1 Å². The number of nitrogens with one attached hydrogen (secondary N) is 1. The average Bonchev–Trinajstić information content (AvgIpc) is 3.07. The molecule has 0 fully saturated rings. The molecule has 0 aliphatic carbocycles. The molecule has 3 aromatic rings. The molecule has 0 spiro atoms. The van der Waals surface area contributed by atoms with Crippen LogP contribution in [0.15, 0.2) is 60.0 Å². The van der Waals surface area contributed by atoms with Crippen LogP contribution in [0.3, 0.4) is 0 Å². The van der Waals surface area contributed by atoms with Gasteiger partial charge in [-0.2, -0.15) is 0 Å². The van der Waals surface area contributed by atoms with E-state index in [1.807, 2.05) is 47.8 Å². The van der Waals surface area contributed by atoms with E-state index in [0.29, 0.717) is 27.6 Å². The quantitative estimate of drug-likeness (QED) is 0.579. The van der Waals surface area contributed by atoms with Gasteiger partial charge in [0.05, 0.1) is 5.56 Å². The summed E-state index contributed by atoms with van der Waals surface area (Å²) in [6.07, 6.45) is 1.94. The van der Waals surface area contributed by atoms with Crippen LogP contribution < -0.4 is 11.1 Å². The lowest BCUT2D eigenvalue weighted by atomic mass is 10.0. The first kappa shape index (κ1) is 19.1. The molecule has 0 aliphatic rings. The third-order valence-electron chi connectivity index (χ3n) is 4.16. The van der Waals surface area contributed by atoms with Crippen molar-refractivity contribution in [1.29, 1.82) is 0 Å². The number of carbonyl (C=O) groups is 2. The highest BCUT2D eigenvalue weighted by Gasteiger charge is 2.19. The minimum absolute atomic E-state index is 0.127. The van der Waals surface area contributed by atoms with Crippen LogP contribution in [0.1, 0.15) is 28.8 Å². The zero-order valence-electron chi connectivity index (χ0n) is 14.6. The second-order valence-electron chi connectivity index (χ2n) is 6.11. The standard InChI is InChI=1S/C21H19ClN2O2S/c22-16-11-9-15(10-12-16)17-13-27-21(19(17)20(23)26)24-18(25)8-4-7-14-5-2-1-3-6-14/h1-3,5-6,9-13H,4,7-8H2,(H2,23,26)(H,24,25). The van der Waals surface area contributed by atoms with Gasteiger partial charge < -0.3 is 11.1 Å². The van der Waals surface area contributed by atoms with Gasteiger partial charge in [-0.25, -0.2) is 0 Å². The molecule has 0 saturated heterocycles. The first-order valence-electron chi connectivity index (χ1n) is 8.55. The summed E-state index contributed by atoms with van der Waals surface area (Å²) in [5.41, 5.74) is 8.63. The molecule has 0 saturated carbocycles. The summed E-state index contributed by atoms with van der Waals surface area (Å²) in [6.45, 7) is 0. The molecule has 0 aliphatic heterocycles. The Hall–Kier alpha value is -2.63. The lowest BCUT2D eigenvalue weighted by Crippen LogP contribution is -2.17. The van der Waals surface area contributed by atoms with Gasteiger partial charge >= 0.3 is 0 Å². The molecule has 2 amide bonds. The van der Waals surface area contributed by atoms with E-state index in [4.69, 9.17) is 17.3 Å². The van der Waals surface area contributed by atoms with E-state index in [2.05, 4.69) is 5.32 Å². The van der Waals surface area contributed by atoms with Crippen LogP contribution >= 0.6 is 22.9 Å². The molecule has 2 aromatic carbocycles. The van der Waals surface area contributed by atoms with Gasteiger partial charge in [-0.15, -0.1) is 11.3 Å². The highest BCUT2D eigenvalue weighted by molar-refractivity contribution is 7.15. The fourth-order valence-electron chi connectivity index (χ4n) is 2.82. The van der Waals surface area contributed by atoms with Gasteiger partial charge in [-0.3, -0.25) is 9.59 Å². The fourth-order valence-corrected chi connectivity index (χ4v) is 3.94. The van der Waals surface area contributed by atoms with Crippen LogP contribution in [0.4, 0.5) is 5.00 Å². The number of anilines is 1. The second-order valence-corrected chi connectivity index (χ2v) is 7.43. The lowest BCUT2D eigenvalue weighted by molar-refractivity contribution is -0.116. The smallest absolute Gasteiger partial charge is 0.252 e. The Morgan fingerprint density at radius 3 is 2.41 bits per heavy atom. The summed E-state index contributed by atoms with van der Waals surface area (Å²) in [6, 6.07) is 17.2. The highest BCUT2D eigenvalue weighted by Crippen LogP contribution is 2.35. The monoisotopic (exact) mass is 398 g/mol. The van der Waals surface area contributed by atoms with Gasteiger partial charge in [0.15, 0.2) is 0 Å². The maximum Gasteiger partial charge on any atom is 0.252 e. The number of thiophene rings is 1. The maximum atomic E-state index is 12.3. The van der Waals surface area contributed by atoms with Crippen molar-refractivity contribution in [2.75, 3.05) is 5.32 Å². The molecule has 3 rings (SSSR count). The summed E-state index contributed by atoms with van der Waals surface area (Å²) in [4.78, 5) is 24.3. The number of benzene rings is 2. The van der Waals surface area contributed by atoms with E-state index in [-0.39, 0.29) is 5.91 Å². The van der Waals surface area contributed by atoms with Crippen molar-refractivity contribution in [3.05, 3.63) is 76.1 Å². The molecule has 0 bridgehead atoms. The molecule has 27 heavy (non-hydrogen) atoms. The summed E-state index contributed by atoms with van der Waals surface area (Å²) in [7, 11) is 0. The molecule has 138 valence electrons. The van der Waals surface area contributed by atoms with Crippen molar-refractivity contribution < 1.29 is 9.59 Å². The molecule has 1 heterocycles. The van der Waals surface area contributed by atoms with Gasteiger partial charge in [0.2, 0.25) is 5.91 Å². The van der Waals surface area contributed by atoms with Gasteiger partial charge in [0.1, 0.15) is 5.00 Å². The molecule has 4 nitrogen and oxygen atoms in total. The Kier molecular flexibility index (Phi) is 6.27. The number of aryl methyl sites for hydroxylation is 1. The van der Waals surface area contributed by atoms with Crippen molar-refractivity contribution in [2.24, 2.45) is 5.73 Å². The Morgan fingerprint density at radius 1 is 1.04 bits per heavy atom. The van der Waals surface area contributed by atoms with Crippen molar-refractivity contribution >= 4 is 39.8 Å². The van der Waals surface area contributed by atoms with Crippen LogP contribution in [0.2, 0.25) is 5.02 Å². The number of primary amides is 1. The normalized spacial score (nSPS) is 10.6. The predicted molar refractivity (Wildman–Crippen MR) is 111 cm³/mol. The number of hydrogen-bond acceptors (Lipinski definition) is 3. The van der Waals surface area contributed by atoms with Crippen molar-refractivity contribution in [1.82, 2.24) is 0 Å². The number of hydrogen-bond donors (Lipinski definition) is 2. The Morgan fingerprint density at radius 2 is 1.74 bits per heavy atom. The van der Waals surface area contributed by atoms with E-state index < -0.39 is 5.91 Å². The number of halogens is 1. The topological polar surface area (TPSA) is 72.2 Å². The first-order chi connectivity index (χ1) is 13.0. The minimum Gasteiger partial charge on any atom is -0.365 e. The third kappa shape index (κ3) is 4.96. The van der Waals surface area contributed by atoms with Crippen LogP contribution in [-0.4, -0.2) is 11.8 Å². The highest BCUT2D eigenvalue weighted by atomic mass is 35.5. The molecule has 0 atom stereocenters. The molecular formula is C21H19ClN2O2S. The Labute approximate surface area is 167 Å². The molecule has 6 heteroatoms. The van der Waals surface area contributed by atoms with Crippen LogP contribution in [0, 0.1) is 0 Å². The average molecular weight is 399 g/mol. The molecule has 0 unspecified atom stereocenters. The van der Waals surface area contributed by atoms with E-state index in [1.54, 1.807) is 12.1 Å². The van der Waals surface area contributed by atoms with Crippen LogP contribution in [0.5, 0.6) is 0 Å². The fraction of sp³-hybridized carbons (Fsp3) is 0.143. The Bertz CT molecular complexity index is 937. The molecule has 0 radical (unpaired) electrons. The largest absolute Gasteiger partial charge is 0.365 e. The number of nitrogens with two attached hydrogens (primary N) is 1. The Balaban J connectivity index is 1.68. The molecule has 1 aromatic heterocycles. The molecular weight excluding hydrogens is 380 g/mol. The lowest BCUT2D eigenvalue weighted by Gasteiger charge is -2.07. The SMILES string of the molecule is NC(=O)c1c(-c2ccc(Cl)cc2)csc1NC(=O)CCCc1ccccc1. The summed E-state index contributed by atoms with van der Waals surface area (Å²) in [5, 5.41) is 5.75. The van der Waals surface area contributed by atoms with Crippen molar-refractivity contribution in [3.63, 3.8) is 0 Å². The van der Waals surface area contributed by atoms with Crippen molar-refractivity contribution in [3.8, 4) is 11.1 Å². The minimum atomic E-state index is -0.569. The van der Waals surface area contributed by atoms with E-state index in [9.17, 15) is 9.59 Å². The van der Waals surface area contributed by atoms with Gasteiger partial charge in [0.25, 0.3) is 5.91 Å². The van der Waals surface area contributed by atoms with Gasteiger partial charge in [-0.1, -0.05) is 54.1 Å². The summed E-state index contributed by atoms with van der Waals surface area (Å²) in [5.74, 6) is -0.696. The zero-order valence-corrected chi connectivity index (χ0v) is 16.1. The zero-order chi connectivity index (χ0) is 19.2.